The van der Waals surface area contributed by atoms with Crippen molar-refractivity contribution in [3.05, 3.63) is 94.6 Å². The normalized spacial score (nSPS) is 12.5. The fourth-order valence-corrected chi connectivity index (χ4v) is 4.02. The van der Waals surface area contributed by atoms with Crippen LogP contribution in [-0.2, 0) is 6.54 Å². The Morgan fingerprint density at radius 2 is 1.50 bits per heavy atom. The lowest BCUT2D eigenvalue weighted by Gasteiger charge is -2.16. The highest BCUT2D eigenvalue weighted by molar-refractivity contribution is 14.1. The Hall–Kier alpha value is -2.07. The van der Waals surface area contributed by atoms with E-state index in [9.17, 15) is 0 Å². The molecule has 3 aromatic carbocycles. The molecule has 1 aromatic heterocycles. The van der Waals surface area contributed by atoms with E-state index in [0.717, 1.165) is 6.54 Å². The molecule has 1 nitrogen and oxygen atoms in total. The minimum absolute atomic E-state index is 0.291. The highest BCUT2D eigenvalue weighted by Crippen LogP contribution is 2.31. The summed E-state index contributed by atoms with van der Waals surface area (Å²) < 4.78 is 3.69. The Labute approximate surface area is 155 Å². The lowest BCUT2D eigenvalue weighted by molar-refractivity contribution is 0.675. The van der Waals surface area contributed by atoms with Crippen LogP contribution in [0.5, 0.6) is 0 Å². The van der Waals surface area contributed by atoms with Crippen molar-refractivity contribution >= 4 is 44.4 Å². The minimum Gasteiger partial charge on any atom is -0.340 e. The smallest absolute Gasteiger partial charge is 0.0491 e. The SMILES string of the molecule is C=C[C@H](Cn1c2ccccc2c2ccccc21)c1cccc(I)c1. The molecule has 0 bridgehead atoms. The van der Waals surface area contributed by atoms with Crippen molar-refractivity contribution in [2.24, 2.45) is 0 Å². The fraction of sp³-hybridized carbons (Fsp3) is 0.0909. The summed E-state index contributed by atoms with van der Waals surface area (Å²) in [4.78, 5) is 0. The van der Waals surface area contributed by atoms with E-state index in [2.05, 4.69) is 113 Å². The molecule has 24 heavy (non-hydrogen) atoms. The molecule has 1 heterocycles. The molecule has 0 aliphatic rings. The average Bonchev–Trinajstić information content (AvgIpc) is 2.94. The predicted molar refractivity (Wildman–Crippen MR) is 112 cm³/mol. The van der Waals surface area contributed by atoms with Gasteiger partial charge < -0.3 is 4.57 Å². The number of halogens is 1. The molecule has 0 fully saturated rings. The van der Waals surface area contributed by atoms with Crippen molar-refractivity contribution in [3.63, 3.8) is 0 Å². The second-order valence-electron chi connectivity index (χ2n) is 6.04. The fourth-order valence-electron chi connectivity index (χ4n) is 3.45. The van der Waals surface area contributed by atoms with Crippen LogP contribution in [0, 0.1) is 3.57 Å². The molecular weight excluding hydrogens is 405 g/mol. The predicted octanol–water partition coefficient (Wildman–Crippen LogP) is 6.37. The molecular formula is C22H18IN. The minimum atomic E-state index is 0.291. The third-order valence-electron chi connectivity index (χ3n) is 4.62. The summed E-state index contributed by atoms with van der Waals surface area (Å²) in [5.41, 5.74) is 3.89. The molecule has 0 N–H and O–H groups in total. The molecule has 0 saturated heterocycles. The van der Waals surface area contributed by atoms with E-state index in [1.54, 1.807) is 0 Å². The molecule has 0 radical (unpaired) electrons. The molecule has 4 rings (SSSR count). The second-order valence-corrected chi connectivity index (χ2v) is 7.29. The number of hydrogen-bond acceptors (Lipinski definition) is 0. The number of aromatic nitrogens is 1. The maximum Gasteiger partial charge on any atom is 0.0491 e. The van der Waals surface area contributed by atoms with Crippen LogP contribution in [0.15, 0.2) is 85.5 Å². The van der Waals surface area contributed by atoms with Crippen molar-refractivity contribution in [2.45, 2.75) is 12.5 Å². The van der Waals surface area contributed by atoms with E-state index in [0.29, 0.717) is 5.92 Å². The van der Waals surface area contributed by atoms with Crippen LogP contribution in [0.2, 0.25) is 0 Å². The number of nitrogens with zero attached hydrogens (tertiary/aromatic N) is 1. The highest BCUT2D eigenvalue weighted by atomic mass is 127. The van der Waals surface area contributed by atoms with Gasteiger partial charge in [0.2, 0.25) is 0 Å². The van der Waals surface area contributed by atoms with E-state index < -0.39 is 0 Å². The van der Waals surface area contributed by atoms with Crippen molar-refractivity contribution in [3.8, 4) is 0 Å². The van der Waals surface area contributed by atoms with E-state index in [1.165, 1.54) is 30.9 Å². The summed E-state index contributed by atoms with van der Waals surface area (Å²) in [5.74, 6) is 0.291. The van der Waals surface area contributed by atoms with E-state index >= 15 is 0 Å². The summed E-state index contributed by atoms with van der Waals surface area (Å²) in [5, 5.41) is 2.64. The summed E-state index contributed by atoms with van der Waals surface area (Å²) >= 11 is 2.37. The van der Waals surface area contributed by atoms with Crippen molar-refractivity contribution < 1.29 is 0 Å². The van der Waals surface area contributed by atoms with Gasteiger partial charge >= 0.3 is 0 Å². The number of para-hydroxylation sites is 2. The van der Waals surface area contributed by atoms with E-state index in [4.69, 9.17) is 0 Å². The molecule has 2 heteroatoms. The molecule has 0 spiro atoms. The summed E-state index contributed by atoms with van der Waals surface area (Å²) in [7, 11) is 0. The van der Waals surface area contributed by atoms with Gasteiger partial charge in [0.1, 0.15) is 0 Å². The van der Waals surface area contributed by atoms with Gasteiger partial charge in [0, 0.05) is 37.8 Å². The van der Waals surface area contributed by atoms with Gasteiger partial charge in [0.25, 0.3) is 0 Å². The number of fused-ring (bicyclic) bond motifs is 3. The van der Waals surface area contributed by atoms with Crippen LogP contribution in [0.4, 0.5) is 0 Å². The molecule has 4 aromatic rings. The number of benzene rings is 3. The molecule has 0 saturated carbocycles. The van der Waals surface area contributed by atoms with Gasteiger partial charge in [-0.05, 0) is 52.4 Å². The summed E-state index contributed by atoms with van der Waals surface area (Å²) in [6, 6.07) is 26.0. The topological polar surface area (TPSA) is 4.93 Å². The lowest BCUT2D eigenvalue weighted by Crippen LogP contribution is -2.07. The second kappa shape index (κ2) is 6.44. The zero-order chi connectivity index (χ0) is 16.5. The van der Waals surface area contributed by atoms with Gasteiger partial charge in [-0.15, -0.1) is 6.58 Å². The zero-order valence-electron chi connectivity index (χ0n) is 13.3. The van der Waals surface area contributed by atoms with E-state index in [-0.39, 0.29) is 0 Å². The van der Waals surface area contributed by atoms with Crippen molar-refractivity contribution in [2.75, 3.05) is 0 Å². The van der Waals surface area contributed by atoms with E-state index in [1.807, 2.05) is 0 Å². The van der Waals surface area contributed by atoms with Gasteiger partial charge in [-0.25, -0.2) is 0 Å². The average molecular weight is 423 g/mol. The quantitative estimate of drug-likeness (QED) is 0.266. The third-order valence-corrected chi connectivity index (χ3v) is 5.29. The lowest BCUT2D eigenvalue weighted by atomic mass is 9.99. The van der Waals surface area contributed by atoms with Crippen LogP contribution < -0.4 is 0 Å². The number of hydrogen-bond donors (Lipinski definition) is 0. The number of allylic oxidation sites excluding steroid dienone is 1. The molecule has 0 aliphatic carbocycles. The first-order valence-electron chi connectivity index (χ1n) is 8.12. The van der Waals surface area contributed by atoms with Gasteiger partial charge in [0.05, 0.1) is 0 Å². The molecule has 0 amide bonds. The van der Waals surface area contributed by atoms with Crippen molar-refractivity contribution in [1.29, 1.82) is 0 Å². The van der Waals surface area contributed by atoms with Gasteiger partial charge in [-0.3, -0.25) is 0 Å². The van der Waals surface area contributed by atoms with Gasteiger partial charge in [-0.1, -0.05) is 54.6 Å². The van der Waals surface area contributed by atoms with Crippen LogP contribution in [0.1, 0.15) is 11.5 Å². The van der Waals surface area contributed by atoms with Crippen LogP contribution >= 0.6 is 22.6 Å². The Kier molecular flexibility index (Phi) is 4.15. The Morgan fingerprint density at radius 1 is 0.875 bits per heavy atom. The first kappa shape index (κ1) is 15.5. The molecule has 0 aliphatic heterocycles. The zero-order valence-corrected chi connectivity index (χ0v) is 15.5. The third kappa shape index (κ3) is 2.65. The highest BCUT2D eigenvalue weighted by Gasteiger charge is 2.14. The van der Waals surface area contributed by atoms with Crippen LogP contribution in [0.3, 0.4) is 0 Å². The maximum absolute atomic E-state index is 4.09. The Balaban J connectivity index is 1.87. The molecule has 0 unspecified atom stereocenters. The van der Waals surface area contributed by atoms with Crippen LogP contribution in [-0.4, -0.2) is 4.57 Å². The van der Waals surface area contributed by atoms with Crippen molar-refractivity contribution in [1.82, 2.24) is 4.57 Å². The molecule has 1 atom stereocenters. The monoisotopic (exact) mass is 423 g/mol. The van der Waals surface area contributed by atoms with Gasteiger partial charge in [0.15, 0.2) is 0 Å². The summed E-state index contributed by atoms with van der Waals surface area (Å²) in [6.45, 7) is 4.99. The largest absolute Gasteiger partial charge is 0.340 e. The van der Waals surface area contributed by atoms with Gasteiger partial charge in [-0.2, -0.15) is 0 Å². The number of rotatable bonds is 4. The Bertz CT molecular complexity index is 975. The maximum atomic E-state index is 4.09. The standard InChI is InChI=1S/C22H18IN/c1-2-16(17-8-7-9-18(23)14-17)15-24-21-12-5-3-10-19(21)20-11-4-6-13-22(20)24/h2-14,16H,1,15H2/t16-/m1/s1. The first-order valence-corrected chi connectivity index (χ1v) is 9.20. The molecule has 118 valence electrons. The van der Waals surface area contributed by atoms with Crippen LogP contribution in [0.25, 0.3) is 21.8 Å². The summed E-state index contributed by atoms with van der Waals surface area (Å²) in [6.07, 6.45) is 2.06. The first-order chi connectivity index (χ1) is 11.8. The Morgan fingerprint density at radius 3 is 2.08 bits per heavy atom.